The molecule has 0 amide bonds. The number of benzene rings is 2. The minimum absolute atomic E-state index is 0.0268. The van der Waals surface area contributed by atoms with Crippen LogP contribution in [0.4, 0.5) is 0 Å². The summed E-state index contributed by atoms with van der Waals surface area (Å²) in [4.78, 5) is 10.9. The fourth-order valence-corrected chi connectivity index (χ4v) is 1.81. The van der Waals surface area contributed by atoms with Crippen molar-refractivity contribution in [2.24, 2.45) is 0 Å². The van der Waals surface area contributed by atoms with Crippen molar-refractivity contribution < 1.29 is 9.90 Å². The van der Waals surface area contributed by atoms with Crippen molar-refractivity contribution in [2.75, 3.05) is 0 Å². The summed E-state index contributed by atoms with van der Waals surface area (Å²) in [5, 5.41) is 11.3. The van der Waals surface area contributed by atoms with Crippen molar-refractivity contribution in [2.45, 2.75) is 6.42 Å². The molecule has 0 saturated heterocycles. The molecule has 0 bridgehead atoms. The van der Waals surface area contributed by atoms with Crippen LogP contribution in [0.1, 0.15) is 15.9 Å². The van der Waals surface area contributed by atoms with Crippen LogP contribution in [0.3, 0.4) is 0 Å². The van der Waals surface area contributed by atoms with E-state index in [9.17, 15) is 9.90 Å². The number of aromatic hydroxyl groups is 1. The number of phenols is 1. The molecule has 0 radical (unpaired) electrons. The van der Waals surface area contributed by atoms with Crippen LogP contribution in [0, 0.1) is 0 Å². The predicted molar refractivity (Wildman–Crippen MR) is 64.9 cm³/mol. The van der Waals surface area contributed by atoms with Crippen molar-refractivity contribution >= 4 is 17.1 Å². The summed E-state index contributed by atoms with van der Waals surface area (Å²) in [7, 11) is 0. The van der Waals surface area contributed by atoms with Crippen LogP contribution >= 0.6 is 0 Å². The van der Waals surface area contributed by atoms with Gasteiger partial charge in [-0.05, 0) is 28.8 Å². The molecule has 2 heteroatoms. The lowest BCUT2D eigenvalue weighted by Gasteiger charge is -2.05. The molecule has 0 aromatic heterocycles. The third-order valence-electron chi connectivity index (χ3n) is 2.60. The van der Waals surface area contributed by atoms with E-state index in [-0.39, 0.29) is 5.75 Å². The molecular formula is C14H12O2. The highest BCUT2D eigenvalue weighted by Crippen LogP contribution is 2.26. The van der Waals surface area contributed by atoms with E-state index >= 15 is 0 Å². The Hall–Kier alpha value is -2.09. The molecule has 16 heavy (non-hydrogen) atoms. The van der Waals surface area contributed by atoms with Crippen molar-refractivity contribution in [1.29, 1.82) is 0 Å². The molecule has 0 saturated carbocycles. The lowest BCUT2D eigenvalue weighted by Crippen LogP contribution is -1.87. The Morgan fingerprint density at radius 3 is 2.75 bits per heavy atom. The van der Waals surface area contributed by atoms with Gasteiger partial charge in [0.05, 0.1) is 5.56 Å². The number of hydrogen-bond donors (Lipinski definition) is 1. The fraction of sp³-hybridized carbons (Fsp3) is 0.0714. The molecule has 1 N–H and O–H groups in total. The minimum Gasteiger partial charge on any atom is -0.507 e. The topological polar surface area (TPSA) is 37.3 Å². The van der Waals surface area contributed by atoms with E-state index in [1.165, 1.54) is 0 Å². The highest BCUT2D eigenvalue weighted by atomic mass is 16.3. The summed E-state index contributed by atoms with van der Waals surface area (Å²) < 4.78 is 0. The number of allylic oxidation sites excluding steroid dienone is 1. The molecule has 2 aromatic rings. The van der Waals surface area contributed by atoms with Gasteiger partial charge in [0.2, 0.25) is 0 Å². The Bertz CT molecular complexity index is 556. The smallest absolute Gasteiger partial charge is 0.154 e. The van der Waals surface area contributed by atoms with Crippen LogP contribution < -0.4 is 0 Å². The minimum atomic E-state index is 0.0268. The number of carbonyl (C=O) groups is 1. The quantitative estimate of drug-likeness (QED) is 0.627. The largest absolute Gasteiger partial charge is 0.507 e. The highest BCUT2D eigenvalue weighted by Gasteiger charge is 2.05. The molecule has 0 aliphatic heterocycles. The Balaban J connectivity index is 2.68. The fourth-order valence-electron chi connectivity index (χ4n) is 1.81. The first-order valence-corrected chi connectivity index (χ1v) is 5.07. The van der Waals surface area contributed by atoms with E-state index in [1.54, 1.807) is 6.07 Å². The molecule has 0 aliphatic carbocycles. The number of phenolic OH excluding ortho intramolecular Hbond substituents is 1. The van der Waals surface area contributed by atoms with Gasteiger partial charge in [0.15, 0.2) is 6.29 Å². The van der Waals surface area contributed by atoms with Crippen LogP contribution in [0.2, 0.25) is 0 Å². The molecule has 0 spiro atoms. The van der Waals surface area contributed by atoms with Gasteiger partial charge in [-0.25, -0.2) is 0 Å². The van der Waals surface area contributed by atoms with E-state index in [2.05, 4.69) is 6.58 Å². The van der Waals surface area contributed by atoms with Crippen molar-refractivity contribution in [3.05, 3.63) is 54.1 Å². The Kier molecular flexibility index (Phi) is 2.73. The second kappa shape index (κ2) is 4.19. The van der Waals surface area contributed by atoms with E-state index in [0.717, 1.165) is 22.8 Å². The Labute approximate surface area is 93.8 Å². The second-order valence-corrected chi connectivity index (χ2v) is 3.66. The molecule has 0 fully saturated rings. The zero-order chi connectivity index (χ0) is 11.5. The van der Waals surface area contributed by atoms with Gasteiger partial charge >= 0.3 is 0 Å². The molecule has 0 unspecified atom stereocenters. The SMILES string of the molecule is C=CCc1ccc2c(C=O)c(O)ccc2c1. The van der Waals surface area contributed by atoms with Gasteiger partial charge in [-0.15, -0.1) is 6.58 Å². The molecule has 0 heterocycles. The summed E-state index contributed by atoms with van der Waals surface area (Å²) in [5.74, 6) is 0.0268. The third-order valence-corrected chi connectivity index (χ3v) is 2.60. The summed E-state index contributed by atoms with van der Waals surface area (Å²) >= 11 is 0. The number of aldehydes is 1. The average Bonchev–Trinajstić information content (AvgIpc) is 2.30. The highest BCUT2D eigenvalue weighted by molar-refractivity contribution is 6.00. The Morgan fingerprint density at radius 1 is 1.25 bits per heavy atom. The summed E-state index contributed by atoms with van der Waals surface area (Å²) in [6.45, 7) is 3.69. The first-order valence-electron chi connectivity index (χ1n) is 5.07. The molecule has 0 aliphatic rings. The molecule has 2 nitrogen and oxygen atoms in total. The number of fused-ring (bicyclic) bond motifs is 1. The molecule has 2 rings (SSSR count). The predicted octanol–water partition coefficient (Wildman–Crippen LogP) is 3.09. The van der Waals surface area contributed by atoms with Crippen LogP contribution in [0.15, 0.2) is 43.0 Å². The Morgan fingerprint density at radius 2 is 2.06 bits per heavy atom. The molecule has 0 atom stereocenters. The van der Waals surface area contributed by atoms with Crippen LogP contribution in [0.5, 0.6) is 5.75 Å². The number of rotatable bonds is 3. The normalized spacial score (nSPS) is 10.2. The van der Waals surface area contributed by atoms with Crippen LogP contribution in [0.25, 0.3) is 10.8 Å². The molecular weight excluding hydrogens is 200 g/mol. The van der Waals surface area contributed by atoms with Crippen LogP contribution in [-0.4, -0.2) is 11.4 Å². The van der Waals surface area contributed by atoms with Gasteiger partial charge in [-0.2, -0.15) is 0 Å². The maximum atomic E-state index is 10.9. The third kappa shape index (κ3) is 1.70. The van der Waals surface area contributed by atoms with Gasteiger partial charge in [0.25, 0.3) is 0 Å². The van der Waals surface area contributed by atoms with E-state index in [0.29, 0.717) is 11.8 Å². The maximum absolute atomic E-state index is 10.9. The van der Waals surface area contributed by atoms with Crippen molar-refractivity contribution in [3.8, 4) is 5.75 Å². The lowest BCUT2D eigenvalue weighted by atomic mass is 10.0. The standard InChI is InChI=1S/C14H12O2/c1-2-3-10-4-6-12-11(8-10)5-7-14(16)13(12)9-15/h2,4-9,16H,1,3H2. The van der Waals surface area contributed by atoms with Gasteiger partial charge < -0.3 is 5.11 Å². The first-order chi connectivity index (χ1) is 7.76. The van der Waals surface area contributed by atoms with Crippen LogP contribution in [-0.2, 0) is 6.42 Å². The van der Waals surface area contributed by atoms with Gasteiger partial charge in [0, 0.05) is 0 Å². The second-order valence-electron chi connectivity index (χ2n) is 3.66. The van der Waals surface area contributed by atoms with E-state index in [4.69, 9.17) is 0 Å². The van der Waals surface area contributed by atoms with E-state index in [1.807, 2.05) is 30.3 Å². The van der Waals surface area contributed by atoms with Crippen molar-refractivity contribution in [1.82, 2.24) is 0 Å². The summed E-state index contributed by atoms with van der Waals surface area (Å²) in [5.41, 5.74) is 1.49. The number of carbonyl (C=O) groups excluding carboxylic acids is 1. The average molecular weight is 212 g/mol. The van der Waals surface area contributed by atoms with E-state index < -0.39 is 0 Å². The molecule has 80 valence electrons. The monoisotopic (exact) mass is 212 g/mol. The zero-order valence-electron chi connectivity index (χ0n) is 8.81. The molecule has 2 aromatic carbocycles. The zero-order valence-corrected chi connectivity index (χ0v) is 8.81. The lowest BCUT2D eigenvalue weighted by molar-refractivity contribution is 0.112. The first kappa shape index (κ1) is 10.4. The maximum Gasteiger partial charge on any atom is 0.154 e. The summed E-state index contributed by atoms with van der Waals surface area (Å²) in [6.07, 6.45) is 3.32. The van der Waals surface area contributed by atoms with Crippen molar-refractivity contribution in [3.63, 3.8) is 0 Å². The van der Waals surface area contributed by atoms with Gasteiger partial charge in [0.1, 0.15) is 5.75 Å². The van der Waals surface area contributed by atoms with Gasteiger partial charge in [-0.1, -0.05) is 30.3 Å². The van der Waals surface area contributed by atoms with Gasteiger partial charge in [-0.3, -0.25) is 4.79 Å². The number of hydrogen-bond acceptors (Lipinski definition) is 2. The summed E-state index contributed by atoms with van der Waals surface area (Å²) in [6, 6.07) is 9.16.